The van der Waals surface area contributed by atoms with Crippen molar-refractivity contribution in [2.45, 2.75) is 32.6 Å². The van der Waals surface area contributed by atoms with Crippen molar-refractivity contribution < 1.29 is 9.59 Å². The van der Waals surface area contributed by atoms with Gasteiger partial charge in [0, 0.05) is 25.4 Å². The molecule has 1 aliphatic rings. The monoisotopic (exact) mass is 257 g/mol. The summed E-state index contributed by atoms with van der Waals surface area (Å²) in [6.07, 6.45) is 2.70. The molecule has 2 amide bonds. The van der Waals surface area contributed by atoms with E-state index in [1.165, 1.54) is 0 Å². The van der Waals surface area contributed by atoms with E-state index >= 15 is 0 Å². The molecule has 1 fully saturated rings. The Morgan fingerprint density at radius 3 is 2.47 bits per heavy atom. The molecule has 0 atom stereocenters. The Kier molecular flexibility index (Phi) is 5.34. The Morgan fingerprint density at radius 2 is 2.00 bits per heavy atom. The fourth-order valence-electron chi connectivity index (χ4n) is 1.85. The van der Waals surface area contributed by atoms with E-state index in [9.17, 15) is 9.59 Å². The molecule has 6 heteroatoms. The predicted molar refractivity (Wildman–Crippen MR) is 69.1 cm³/mol. The first-order valence-electron chi connectivity index (χ1n) is 5.92. The van der Waals surface area contributed by atoms with E-state index in [0.717, 1.165) is 6.42 Å². The number of rotatable bonds is 3. The maximum absolute atomic E-state index is 11.4. The quantitative estimate of drug-likeness (QED) is 0.717. The van der Waals surface area contributed by atoms with E-state index in [-0.39, 0.29) is 17.7 Å². The van der Waals surface area contributed by atoms with Gasteiger partial charge in [-0.25, -0.2) is 0 Å². The second-order valence-electron chi connectivity index (χ2n) is 4.27. The molecular formula is C11H19N3O2S. The van der Waals surface area contributed by atoms with Gasteiger partial charge in [0.25, 0.3) is 0 Å². The summed E-state index contributed by atoms with van der Waals surface area (Å²) >= 11 is 5.15. The second kappa shape index (κ2) is 6.54. The number of hydrogen-bond acceptors (Lipinski definition) is 3. The zero-order chi connectivity index (χ0) is 12.8. The van der Waals surface area contributed by atoms with Crippen LogP contribution in [-0.2, 0) is 9.59 Å². The SMILES string of the molecule is CCCC(=O)NC(=S)N1CCC(C(N)=O)CC1. The lowest BCUT2D eigenvalue weighted by molar-refractivity contribution is -0.123. The Balaban J connectivity index is 2.35. The lowest BCUT2D eigenvalue weighted by Crippen LogP contribution is -2.47. The van der Waals surface area contributed by atoms with Crippen LogP contribution in [0.1, 0.15) is 32.6 Å². The molecule has 0 saturated carbocycles. The molecule has 17 heavy (non-hydrogen) atoms. The van der Waals surface area contributed by atoms with Crippen molar-refractivity contribution in [3.63, 3.8) is 0 Å². The minimum atomic E-state index is -0.245. The summed E-state index contributed by atoms with van der Waals surface area (Å²) in [4.78, 5) is 24.3. The van der Waals surface area contributed by atoms with Crippen molar-refractivity contribution in [3.8, 4) is 0 Å². The number of likely N-dealkylation sites (tertiary alicyclic amines) is 1. The molecular weight excluding hydrogens is 238 g/mol. The second-order valence-corrected chi connectivity index (χ2v) is 4.65. The van der Waals surface area contributed by atoms with Gasteiger partial charge in [-0.2, -0.15) is 0 Å². The highest BCUT2D eigenvalue weighted by Gasteiger charge is 2.24. The van der Waals surface area contributed by atoms with Crippen LogP contribution in [0.4, 0.5) is 0 Å². The average Bonchev–Trinajstić information content (AvgIpc) is 2.29. The van der Waals surface area contributed by atoms with Gasteiger partial charge < -0.3 is 16.0 Å². The first kappa shape index (κ1) is 13.9. The van der Waals surface area contributed by atoms with Crippen LogP contribution < -0.4 is 11.1 Å². The topological polar surface area (TPSA) is 75.4 Å². The maximum Gasteiger partial charge on any atom is 0.226 e. The molecule has 96 valence electrons. The first-order chi connectivity index (χ1) is 8.04. The first-order valence-corrected chi connectivity index (χ1v) is 6.33. The average molecular weight is 257 g/mol. The van der Waals surface area contributed by atoms with Crippen molar-refractivity contribution in [2.24, 2.45) is 11.7 Å². The van der Waals surface area contributed by atoms with E-state index in [1.54, 1.807) is 0 Å². The van der Waals surface area contributed by atoms with Crippen molar-refractivity contribution in [1.29, 1.82) is 0 Å². The molecule has 0 spiro atoms. The zero-order valence-electron chi connectivity index (χ0n) is 10.1. The number of nitrogens with zero attached hydrogens (tertiary/aromatic N) is 1. The summed E-state index contributed by atoms with van der Waals surface area (Å²) in [5.74, 6) is -0.347. The highest BCUT2D eigenvalue weighted by molar-refractivity contribution is 7.80. The van der Waals surface area contributed by atoms with Gasteiger partial charge in [-0.15, -0.1) is 0 Å². The third-order valence-corrected chi connectivity index (χ3v) is 3.27. The van der Waals surface area contributed by atoms with Gasteiger partial charge >= 0.3 is 0 Å². The molecule has 0 aromatic carbocycles. The highest BCUT2D eigenvalue weighted by atomic mass is 32.1. The fourth-order valence-corrected chi connectivity index (χ4v) is 2.15. The van der Waals surface area contributed by atoms with Crippen LogP contribution in [0.15, 0.2) is 0 Å². The molecule has 1 saturated heterocycles. The highest BCUT2D eigenvalue weighted by Crippen LogP contribution is 2.16. The normalized spacial score (nSPS) is 16.6. The Labute approximate surface area is 107 Å². The lowest BCUT2D eigenvalue weighted by atomic mass is 9.97. The van der Waals surface area contributed by atoms with Crippen LogP contribution in [0.3, 0.4) is 0 Å². The number of primary amides is 1. The number of nitrogens with one attached hydrogen (secondary N) is 1. The number of thiocarbonyl (C=S) groups is 1. The number of hydrogen-bond donors (Lipinski definition) is 2. The zero-order valence-corrected chi connectivity index (χ0v) is 10.9. The third kappa shape index (κ3) is 4.30. The molecule has 1 aliphatic heterocycles. The van der Waals surface area contributed by atoms with Crippen molar-refractivity contribution in [3.05, 3.63) is 0 Å². The van der Waals surface area contributed by atoms with Crippen LogP contribution in [0.5, 0.6) is 0 Å². The molecule has 1 heterocycles. The minimum Gasteiger partial charge on any atom is -0.369 e. The molecule has 0 unspecified atom stereocenters. The van der Waals surface area contributed by atoms with Gasteiger partial charge in [-0.05, 0) is 31.5 Å². The van der Waals surface area contributed by atoms with Crippen LogP contribution in [0.25, 0.3) is 0 Å². The smallest absolute Gasteiger partial charge is 0.226 e. The summed E-state index contributed by atoms with van der Waals surface area (Å²) in [6, 6.07) is 0. The van der Waals surface area contributed by atoms with E-state index in [2.05, 4.69) is 5.32 Å². The van der Waals surface area contributed by atoms with Crippen LogP contribution in [0.2, 0.25) is 0 Å². The number of amides is 2. The summed E-state index contributed by atoms with van der Waals surface area (Å²) in [7, 11) is 0. The number of nitrogens with two attached hydrogens (primary N) is 1. The van der Waals surface area contributed by atoms with Gasteiger partial charge in [0.1, 0.15) is 0 Å². The van der Waals surface area contributed by atoms with Crippen LogP contribution in [-0.4, -0.2) is 34.9 Å². The van der Waals surface area contributed by atoms with Crippen molar-refractivity contribution >= 4 is 29.1 Å². The van der Waals surface area contributed by atoms with Gasteiger partial charge in [-0.3, -0.25) is 9.59 Å². The van der Waals surface area contributed by atoms with Gasteiger partial charge in [0.15, 0.2) is 5.11 Å². The molecule has 5 nitrogen and oxygen atoms in total. The van der Waals surface area contributed by atoms with E-state index < -0.39 is 0 Å². The number of piperidine rings is 1. The Morgan fingerprint density at radius 1 is 1.41 bits per heavy atom. The Bertz CT molecular complexity index is 312. The Hall–Kier alpha value is -1.17. The number of carbonyl (C=O) groups excluding carboxylic acids is 2. The molecule has 0 bridgehead atoms. The predicted octanol–water partition coefficient (Wildman–Crippen LogP) is 0.385. The van der Waals surface area contributed by atoms with Gasteiger partial charge in [0.05, 0.1) is 0 Å². The van der Waals surface area contributed by atoms with E-state index in [0.29, 0.717) is 37.5 Å². The summed E-state index contributed by atoms with van der Waals surface area (Å²) in [6.45, 7) is 3.30. The largest absolute Gasteiger partial charge is 0.369 e. The number of carbonyl (C=O) groups is 2. The minimum absolute atomic E-state index is 0.0467. The summed E-state index contributed by atoms with van der Waals surface area (Å²) < 4.78 is 0. The maximum atomic E-state index is 11.4. The molecule has 0 aromatic rings. The van der Waals surface area contributed by atoms with E-state index in [4.69, 9.17) is 18.0 Å². The summed E-state index contributed by atoms with van der Waals surface area (Å²) in [5, 5.41) is 3.16. The lowest BCUT2D eigenvalue weighted by Gasteiger charge is -2.32. The third-order valence-electron chi connectivity index (χ3n) is 2.91. The standard InChI is InChI=1S/C11H19N3O2S/c1-2-3-9(15)13-11(17)14-6-4-8(5-7-14)10(12)16/h8H,2-7H2,1H3,(H2,12,16)(H,13,15,17). The molecule has 3 N–H and O–H groups in total. The van der Waals surface area contributed by atoms with Crippen LogP contribution >= 0.6 is 12.2 Å². The summed E-state index contributed by atoms with van der Waals surface area (Å²) in [5.41, 5.74) is 5.25. The molecule has 0 aliphatic carbocycles. The van der Waals surface area contributed by atoms with Gasteiger partial charge in [0.2, 0.25) is 11.8 Å². The van der Waals surface area contributed by atoms with Crippen LogP contribution in [0, 0.1) is 5.92 Å². The van der Waals surface area contributed by atoms with E-state index in [1.807, 2.05) is 11.8 Å². The van der Waals surface area contributed by atoms with Crippen molar-refractivity contribution in [1.82, 2.24) is 10.2 Å². The molecule has 0 aromatic heterocycles. The molecule has 1 rings (SSSR count). The van der Waals surface area contributed by atoms with Gasteiger partial charge in [-0.1, -0.05) is 6.92 Å². The fraction of sp³-hybridized carbons (Fsp3) is 0.727. The molecule has 0 radical (unpaired) electrons. The van der Waals surface area contributed by atoms with Crippen molar-refractivity contribution in [2.75, 3.05) is 13.1 Å².